The van der Waals surface area contributed by atoms with Crippen LogP contribution in [0.2, 0.25) is 0 Å². The predicted octanol–water partition coefficient (Wildman–Crippen LogP) is 3.79. The fourth-order valence-electron chi connectivity index (χ4n) is 3.78. The number of nitrogens with zero attached hydrogens (tertiary/aromatic N) is 5. The van der Waals surface area contributed by atoms with Gasteiger partial charge in [0.15, 0.2) is 11.0 Å². The van der Waals surface area contributed by atoms with Crippen molar-refractivity contribution in [3.63, 3.8) is 0 Å². The van der Waals surface area contributed by atoms with E-state index in [1.54, 1.807) is 6.08 Å². The highest BCUT2D eigenvalue weighted by Crippen LogP contribution is 2.22. The second-order valence-electron chi connectivity index (χ2n) is 7.84. The summed E-state index contributed by atoms with van der Waals surface area (Å²) in [4.78, 5) is 17.1. The van der Waals surface area contributed by atoms with Gasteiger partial charge in [0, 0.05) is 38.4 Å². The first-order chi connectivity index (χ1) is 16.2. The fourth-order valence-corrected chi connectivity index (χ4v) is 4.65. The topological polar surface area (TPSA) is 63.5 Å². The lowest BCUT2D eigenvalue weighted by Gasteiger charge is -2.36. The summed E-state index contributed by atoms with van der Waals surface area (Å²) < 4.78 is 7.90. The molecule has 0 atom stereocenters. The number of aryl methyl sites for hydroxylation is 1. The molecule has 1 aromatic heterocycles. The molecule has 0 N–H and O–H groups in total. The molecular formula is C25H29N5O2S. The van der Waals surface area contributed by atoms with E-state index in [0.717, 1.165) is 37.5 Å². The number of thioether (sulfide) groups is 1. The van der Waals surface area contributed by atoms with Gasteiger partial charge in [0.2, 0.25) is 5.91 Å². The van der Waals surface area contributed by atoms with Crippen LogP contribution in [0.1, 0.15) is 11.4 Å². The van der Waals surface area contributed by atoms with Gasteiger partial charge in [0.1, 0.15) is 12.4 Å². The van der Waals surface area contributed by atoms with Crippen molar-refractivity contribution in [2.24, 2.45) is 0 Å². The van der Waals surface area contributed by atoms with E-state index in [1.807, 2.05) is 58.9 Å². The molecule has 172 valence electrons. The van der Waals surface area contributed by atoms with Gasteiger partial charge >= 0.3 is 0 Å². The molecule has 1 fully saturated rings. The van der Waals surface area contributed by atoms with Crippen LogP contribution >= 0.6 is 11.8 Å². The third-order valence-electron chi connectivity index (χ3n) is 5.63. The molecule has 7 nitrogen and oxygen atoms in total. The highest BCUT2D eigenvalue weighted by Gasteiger charge is 2.22. The van der Waals surface area contributed by atoms with E-state index in [0.29, 0.717) is 29.9 Å². The van der Waals surface area contributed by atoms with E-state index in [4.69, 9.17) is 4.74 Å². The Hall–Kier alpha value is -3.26. The van der Waals surface area contributed by atoms with Gasteiger partial charge in [-0.1, -0.05) is 54.2 Å². The number of piperazine rings is 1. The molecule has 3 aromatic rings. The smallest absolute Gasteiger partial charge is 0.233 e. The zero-order chi connectivity index (χ0) is 23.0. The molecule has 0 saturated carbocycles. The van der Waals surface area contributed by atoms with Crippen molar-refractivity contribution in [3.8, 4) is 5.75 Å². The molecule has 8 heteroatoms. The highest BCUT2D eigenvalue weighted by atomic mass is 32.2. The van der Waals surface area contributed by atoms with Gasteiger partial charge in [-0.05, 0) is 30.7 Å². The highest BCUT2D eigenvalue weighted by molar-refractivity contribution is 7.99. The molecule has 4 rings (SSSR count). The quantitative estimate of drug-likeness (QED) is 0.355. The van der Waals surface area contributed by atoms with Crippen LogP contribution < -0.4 is 9.64 Å². The van der Waals surface area contributed by atoms with Crippen molar-refractivity contribution in [2.75, 3.05) is 36.8 Å². The van der Waals surface area contributed by atoms with Gasteiger partial charge in [0.25, 0.3) is 0 Å². The Morgan fingerprint density at radius 1 is 1.06 bits per heavy atom. The second kappa shape index (κ2) is 11.0. The number of carbonyl (C=O) groups excluding carboxylic acids is 1. The van der Waals surface area contributed by atoms with Crippen molar-refractivity contribution in [2.45, 2.75) is 25.2 Å². The molecule has 0 spiro atoms. The maximum absolute atomic E-state index is 12.8. The van der Waals surface area contributed by atoms with Gasteiger partial charge in [-0.15, -0.1) is 16.8 Å². The summed E-state index contributed by atoms with van der Waals surface area (Å²) in [5, 5.41) is 9.31. The summed E-state index contributed by atoms with van der Waals surface area (Å²) in [6, 6.07) is 18.2. The van der Waals surface area contributed by atoms with E-state index in [9.17, 15) is 4.79 Å². The number of carbonyl (C=O) groups is 1. The first-order valence-electron chi connectivity index (χ1n) is 11.1. The first kappa shape index (κ1) is 22.9. The van der Waals surface area contributed by atoms with Gasteiger partial charge in [-0.25, -0.2) is 0 Å². The van der Waals surface area contributed by atoms with Crippen LogP contribution in [-0.4, -0.2) is 57.5 Å². The summed E-state index contributed by atoms with van der Waals surface area (Å²) in [7, 11) is 0. The number of aromatic nitrogens is 3. The average Bonchev–Trinajstić information content (AvgIpc) is 3.24. The molecule has 1 aliphatic rings. The predicted molar refractivity (Wildman–Crippen MR) is 132 cm³/mol. The monoisotopic (exact) mass is 463 g/mol. The van der Waals surface area contributed by atoms with Gasteiger partial charge < -0.3 is 14.5 Å². The molecule has 0 aliphatic carbocycles. The Balaban J connectivity index is 1.32. The van der Waals surface area contributed by atoms with Crippen molar-refractivity contribution in [3.05, 3.63) is 78.6 Å². The Morgan fingerprint density at radius 3 is 2.52 bits per heavy atom. The Bertz CT molecular complexity index is 1080. The van der Waals surface area contributed by atoms with Gasteiger partial charge in [0.05, 0.1) is 5.75 Å². The molecule has 0 bridgehead atoms. The number of hydrogen-bond donors (Lipinski definition) is 0. The molecule has 1 aliphatic heterocycles. The summed E-state index contributed by atoms with van der Waals surface area (Å²) in [6.07, 6.45) is 1.80. The summed E-state index contributed by atoms with van der Waals surface area (Å²) >= 11 is 1.41. The Kier molecular flexibility index (Phi) is 7.67. The molecule has 33 heavy (non-hydrogen) atoms. The third kappa shape index (κ3) is 5.76. The lowest BCUT2D eigenvalue weighted by Crippen LogP contribution is -2.49. The molecular weight excluding hydrogens is 434 g/mol. The van der Waals surface area contributed by atoms with E-state index < -0.39 is 0 Å². The standard InChI is InChI=1S/C25H29N5O2S/c1-3-13-30-23(18-32-22-12-8-7-9-20(22)2)26-27-25(30)33-19-24(31)29-16-14-28(15-17-29)21-10-5-4-6-11-21/h3-12H,1,13-19H2,2H3. The van der Waals surface area contributed by atoms with Gasteiger partial charge in [-0.2, -0.15) is 0 Å². The first-order valence-corrected chi connectivity index (χ1v) is 12.1. The maximum atomic E-state index is 12.8. The van der Waals surface area contributed by atoms with Crippen LogP contribution in [0.5, 0.6) is 5.75 Å². The van der Waals surface area contributed by atoms with Crippen molar-refractivity contribution < 1.29 is 9.53 Å². The van der Waals surface area contributed by atoms with Crippen molar-refractivity contribution >= 4 is 23.4 Å². The van der Waals surface area contributed by atoms with E-state index in [2.05, 4.69) is 33.8 Å². The lowest BCUT2D eigenvalue weighted by atomic mass is 10.2. The van der Waals surface area contributed by atoms with Crippen molar-refractivity contribution in [1.82, 2.24) is 19.7 Å². The number of amides is 1. The Morgan fingerprint density at radius 2 is 1.79 bits per heavy atom. The maximum Gasteiger partial charge on any atom is 0.233 e. The van der Waals surface area contributed by atoms with Crippen molar-refractivity contribution in [1.29, 1.82) is 0 Å². The zero-order valence-corrected chi connectivity index (χ0v) is 19.7. The molecule has 1 saturated heterocycles. The van der Waals surface area contributed by atoms with Gasteiger partial charge in [-0.3, -0.25) is 9.36 Å². The minimum atomic E-state index is 0.124. The summed E-state index contributed by atoms with van der Waals surface area (Å²) in [6.45, 7) is 9.86. The molecule has 1 amide bonds. The zero-order valence-electron chi connectivity index (χ0n) is 18.9. The molecule has 2 aromatic carbocycles. The molecule has 0 unspecified atom stereocenters. The van der Waals surface area contributed by atoms with E-state index in [-0.39, 0.29) is 5.91 Å². The average molecular weight is 464 g/mol. The number of anilines is 1. The number of ether oxygens (including phenoxy) is 1. The number of benzene rings is 2. The number of hydrogen-bond acceptors (Lipinski definition) is 6. The normalized spacial score (nSPS) is 13.7. The minimum Gasteiger partial charge on any atom is -0.485 e. The van der Waals surface area contributed by atoms with Crippen LogP contribution in [0.25, 0.3) is 0 Å². The van der Waals surface area contributed by atoms with Crippen LogP contribution in [0.15, 0.2) is 72.4 Å². The lowest BCUT2D eigenvalue weighted by molar-refractivity contribution is -0.128. The summed E-state index contributed by atoms with van der Waals surface area (Å²) in [5.74, 6) is 1.99. The number of allylic oxidation sites excluding steroid dienone is 1. The van der Waals surface area contributed by atoms with Crippen LogP contribution in [0, 0.1) is 6.92 Å². The SMILES string of the molecule is C=CCn1c(COc2ccccc2C)nnc1SCC(=O)N1CCN(c2ccccc2)CC1. The molecule has 0 radical (unpaired) electrons. The second-order valence-corrected chi connectivity index (χ2v) is 8.79. The van der Waals surface area contributed by atoms with Crippen LogP contribution in [0.3, 0.4) is 0 Å². The third-order valence-corrected chi connectivity index (χ3v) is 6.59. The minimum absolute atomic E-state index is 0.124. The largest absolute Gasteiger partial charge is 0.485 e. The fraction of sp³-hybridized carbons (Fsp3) is 0.320. The van der Waals surface area contributed by atoms with Crippen LogP contribution in [0.4, 0.5) is 5.69 Å². The summed E-state index contributed by atoms with van der Waals surface area (Å²) in [5.41, 5.74) is 2.27. The Labute approximate surface area is 199 Å². The number of rotatable bonds is 9. The van der Waals surface area contributed by atoms with E-state index >= 15 is 0 Å². The molecule has 2 heterocycles. The van der Waals surface area contributed by atoms with E-state index in [1.165, 1.54) is 17.4 Å². The number of para-hydroxylation sites is 2. The van der Waals surface area contributed by atoms with Crippen LogP contribution in [-0.2, 0) is 17.9 Å².